The van der Waals surface area contributed by atoms with E-state index in [4.69, 9.17) is 0 Å². The summed E-state index contributed by atoms with van der Waals surface area (Å²) in [5, 5.41) is 2.40. The summed E-state index contributed by atoms with van der Waals surface area (Å²) in [6.07, 6.45) is 6.50. The molecule has 1 aliphatic rings. The Hall–Kier alpha value is -5.40. The van der Waals surface area contributed by atoms with E-state index in [-0.39, 0.29) is 5.41 Å². The second-order valence-corrected chi connectivity index (χ2v) is 11.9. The molecular formula is C43H35N. The first-order chi connectivity index (χ1) is 21.5. The highest BCUT2D eigenvalue weighted by atomic mass is 15.1. The third kappa shape index (κ3) is 4.87. The van der Waals surface area contributed by atoms with Gasteiger partial charge in [0.2, 0.25) is 0 Å². The van der Waals surface area contributed by atoms with Gasteiger partial charge in [-0.3, -0.25) is 0 Å². The van der Waals surface area contributed by atoms with Crippen LogP contribution in [-0.2, 0) is 5.41 Å². The van der Waals surface area contributed by atoms with Gasteiger partial charge in [0.15, 0.2) is 0 Å². The molecular weight excluding hydrogens is 530 g/mol. The van der Waals surface area contributed by atoms with Crippen LogP contribution in [0.4, 0.5) is 11.4 Å². The quantitative estimate of drug-likeness (QED) is 0.137. The normalized spacial score (nSPS) is 13.8. The lowest BCUT2D eigenvalue weighted by molar-refractivity contribution is 0.660. The molecule has 1 aliphatic carbocycles. The third-order valence-corrected chi connectivity index (χ3v) is 8.83. The maximum Gasteiger partial charge on any atom is 0.0540 e. The van der Waals surface area contributed by atoms with Crippen LogP contribution >= 0.6 is 0 Å². The number of rotatable bonds is 7. The first kappa shape index (κ1) is 27.4. The second-order valence-electron chi connectivity index (χ2n) is 11.9. The SMILES string of the molecule is C=C/C(=C\C(=C\c1ccccc1)c1ccccc1)N(c1ccc2c(c1)C(C)(C)c1ccccc1-2)c1cccc2ccccc12. The van der Waals surface area contributed by atoms with Gasteiger partial charge in [-0.25, -0.2) is 0 Å². The van der Waals surface area contributed by atoms with Crippen LogP contribution in [0.2, 0.25) is 0 Å². The number of nitrogens with zero attached hydrogens (tertiary/aromatic N) is 1. The average molecular weight is 566 g/mol. The van der Waals surface area contributed by atoms with Crippen molar-refractivity contribution >= 4 is 33.8 Å². The van der Waals surface area contributed by atoms with E-state index in [1.165, 1.54) is 33.0 Å². The van der Waals surface area contributed by atoms with Gasteiger partial charge >= 0.3 is 0 Å². The highest BCUT2D eigenvalue weighted by Gasteiger charge is 2.35. The van der Waals surface area contributed by atoms with Gasteiger partial charge in [0.05, 0.1) is 5.69 Å². The van der Waals surface area contributed by atoms with Crippen LogP contribution in [0.15, 0.2) is 170 Å². The van der Waals surface area contributed by atoms with Crippen LogP contribution in [0.25, 0.3) is 33.5 Å². The van der Waals surface area contributed by atoms with E-state index in [1.54, 1.807) is 0 Å². The fourth-order valence-electron chi connectivity index (χ4n) is 6.60. The van der Waals surface area contributed by atoms with Crippen LogP contribution in [0, 0.1) is 0 Å². The minimum Gasteiger partial charge on any atom is -0.310 e. The van der Waals surface area contributed by atoms with E-state index in [9.17, 15) is 0 Å². The van der Waals surface area contributed by atoms with Crippen molar-refractivity contribution in [1.29, 1.82) is 0 Å². The predicted octanol–water partition coefficient (Wildman–Crippen LogP) is 11.6. The molecule has 1 nitrogen and oxygen atoms in total. The lowest BCUT2D eigenvalue weighted by Gasteiger charge is -2.30. The number of fused-ring (bicyclic) bond motifs is 4. The van der Waals surface area contributed by atoms with E-state index in [1.807, 2.05) is 6.08 Å². The van der Waals surface area contributed by atoms with Crippen LogP contribution < -0.4 is 4.90 Å². The molecule has 0 N–H and O–H groups in total. The lowest BCUT2D eigenvalue weighted by Crippen LogP contribution is -2.18. The highest BCUT2D eigenvalue weighted by Crippen LogP contribution is 2.50. The summed E-state index contributed by atoms with van der Waals surface area (Å²) in [7, 11) is 0. The minimum absolute atomic E-state index is 0.104. The number of anilines is 2. The maximum atomic E-state index is 4.36. The Morgan fingerprint density at radius 2 is 1.30 bits per heavy atom. The van der Waals surface area contributed by atoms with Gasteiger partial charge in [-0.15, -0.1) is 0 Å². The van der Waals surface area contributed by atoms with Crippen molar-refractivity contribution in [2.45, 2.75) is 19.3 Å². The average Bonchev–Trinajstić information content (AvgIpc) is 3.30. The number of hydrogen-bond donors (Lipinski definition) is 0. The van der Waals surface area contributed by atoms with E-state index < -0.39 is 0 Å². The Bertz CT molecular complexity index is 2040. The Morgan fingerprint density at radius 1 is 0.636 bits per heavy atom. The van der Waals surface area contributed by atoms with Crippen molar-refractivity contribution in [1.82, 2.24) is 0 Å². The zero-order valence-electron chi connectivity index (χ0n) is 25.2. The molecule has 1 heteroatoms. The molecule has 0 atom stereocenters. The largest absolute Gasteiger partial charge is 0.310 e. The first-order valence-electron chi connectivity index (χ1n) is 15.2. The monoisotopic (exact) mass is 565 g/mol. The third-order valence-electron chi connectivity index (χ3n) is 8.83. The molecule has 0 radical (unpaired) electrons. The maximum absolute atomic E-state index is 4.36. The zero-order chi connectivity index (χ0) is 30.1. The molecule has 6 aromatic rings. The molecule has 212 valence electrons. The summed E-state index contributed by atoms with van der Waals surface area (Å²) >= 11 is 0. The van der Waals surface area contributed by atoms with Crippen molar-refractivity contribution in [3.63, 3.8) is 0 Å². The van der Waals surface area contributed by atoms with Crippen molar-refractivity contribution in [2.75, 3.05) is 4.90 Å². The van der Waals surface area contributed by atoms with Gasteiger partial charge in [0.25, 0.3) is 0 Å². The summed E-state index contributed by atoms with van der Waals surface area (Å²) < 4.78 is 0. The van der Waals surface area contributed by atoms with E-state index in [0.717, 1.165) is 33.8 Å². The molecule has 0 aromatic heterocycles. The van der Waals surface area contributed by atoms with Crippen LogP contribution in [0.3, 0.4) is 0 Å². The molecule has 0 aliphatic heterocycles. The second kappa shape index (κ2) is 11.4. The Morgan fingerprint density at radius 3 is 2.09 bits per heavy atom. The summed E-state index contributed by atoms with van der Waals surface area (Å²) in [4.78, 5) is 2.37. The Labute approximate surface area is 260 Å². The molecule has 0 saturated heterocycles. The van der Waals surface area contributed by atoms with Gasteiger partial charge in [0, 0.05) is 22.2 Å². The number of hydrogen-bond acceptors (Lipinski definition) is 1. The highest BCUT2D eigenvalue weighted by molar-refractivity contribution is 5.99. The van der Waals surface area contributed by atoms with Gasteiger partial charge < -0.3 is 4.90 Å². The molecule has 0 bridgehead atoms. The molecule has 0 saturated carbocycles. The van der Waals surface area contributed by atoms with Crippen molar-refractivity contribution < 1.29 is 0 Å². The van der Waals surface area contributed by atoms with E-state index >= 15 is 0 Å². The Kier molecular flexibility index (Phi) is 7.08. The fraction of sp³-hybridized carbons (Fsp3) is 0.0698. The van der Waals surface area contributed by atoms with Crippen LogP contribution in [-0.4, -0.2) is 0 Å². The predicted molar refractivity (Wildman–Crippen MR) is 189 cm³/mol. The van der Waals surface area contributed by atoms with Crippen molar-refractivity contribution in [2.24, 2.45) is 0 Å². The molecule has 0 heterocycles. The summed E-state index contributed by atoms with van der Waals surface area (Å²) in [5.41, 5.74) is 11.9. The molecule has 0 amide bonds. The van der Waals surface area contributed by atoms with Gasteiger partial charge in [-0.2, -0.15) is 0 Å². The summed E-state index contributed by atoms with van der Waals surface area (Å²) in [5.74, 6) is 0. The van der Waals surface area contributed by atoms with Crippen molar-refractivity contribution in [3.05, 3.63) is 192 Å². The van der Waals surface area contributed by atoms with Crippen LogP contribution in [0.5, 0.6) is 0 Å². The van der Waals surface area contributed by atoms with Gasteiger partial charge in [0.1, 0.15) is 0 Å². The fourth-order valence-corrected chi connectivity index (χ4v) is 6.60. The molecule has 44 heavy (non-hydrogen) atoms. The molecule has 0 fully saturated rings. The molecule has 6 aromatic carbocycles. The summed E-state index contributed by atoms with van der Waals surface area (Å²) in [6, 6.07) is 52.0. The van der Waals surface area contributed by atoms with E-state index in [0.29, 0.717) is 0 Å². The molecule has 7 rings (SSSR count). The molecule has 0 spiro atoms. The van der Waals surface area contributed by atoms with E-state index in [2.05, 4.69) is 183 Å². The van der Waals surface area contributed by atoms with Gasteiger partial charge in [-0.1, -0.05) is 148 Å². The first-order valence-corrected chi connectivity index (χ1v) is 15.2. The topological polar surface area (TPSA) is 3.24 Å². The lowest BCUT2D eigenvalue weighted by atomic mass is 9.82. The number of allylic oxidation sites excluding steroid dienone is 3. The van der Waals surface area contributed by atoms with Gasteiger partial charge in [-0.05, 0) is 80.8 Å². The standard InChI is InChI=1S/C43H35N/c1-4-35(29-34(32-18-9-6-10-19-32)28-31-16-7-5-8-17-31)44(42-25-15-21-33-20-11-12-22-37(33)42)36-26-27-39-38-23-13-14-24-40(38)43(2,3)41(39)30-36/h4-30H,1H2,2-3H3/b34-28-,35-29+. The smallest absolute Gasteiger partial charge is 0.0540 e. The Balaban J connectivity index is 1.47. The summed E-state index contributed by atoms with van der Waals surface area (Å²) in [6.45, 7) is 9.04. The number of benzene rings is 6. The van der Waals surface area contributed by atoms with Crippen LogP contribution in [0.1, 0.15) is 36.1 Å². The molecule has 0 unspecified atom stereocenters. The minimum atomic E-state index is -0.104. The van der Waals surface area contributed by atoms with Crippen molar-refractivity contribution in [3.8, 4) is 11.1 Å². The zero-order valence-corrected chi connectivity index (χ0v) is 25.2.